The number of carbonyl (C=O) groups is 1. The van der Waals surface area contributed by atoms with Crippen LogP contribution in [0, 0.1) is 5.92 Å². The topological polar surface area (TPSA) is 127 Å². The zero-order valence-electron chi connectivity index (χ0n) is 18.5. The lowest BCUT2D eigenvalue weighted by molar-refractivity contribution is -0.150. The van der Waals surface area contributed by atoms with E-state index in [1.54, 1.807) is 16.9 Å². The maximum absolute atomic E-state index is 11.1. The summed E-state index contributed by atoms with van der Waals surface area (Å²) in [7, 11) is 6.35. The number of fused-ring (bicyclic) bond motifs is 1. The van der Waals surface area contributed by atoms with Gasteiger partial charge in [-0.15, -0.1) is 0 Å². The van der Waals surface area contributed by atoms with Crippen LogP contribution in [0.1, 0.15) is 37.3 Å². The van der Waals surface area contributed by atoms with Gasteiger partial charge in [-0.1, -0.05) is 36.4 Å². The molecule has 9 heteroatoms. The van der Waals surface area contributed by atoms with Crippen LogP contribution in [-0.4, -0.2) is 49.7 Å². The van der Waals surface area contributed by atoms with Gasteiger partial charge in [-0.05, 0) is 43.1 Å². The Balaban J connectivity index is 1.46. The van der Waals surface area contributed by atoms with Crippen molar-refractivity contribution in [3.63, 3.8) is 0 Å². The first kappa shape index (κ1) is 22.1. The van der Waals surface area contributed by atoms with Crippen molar-refractivity contribution >= 4 is 30.7 Å². The average Bonchev–Trinajstić information content (AvgIpc) is 3.30. The largest absolute Gasteiger partial charge is 0.479 e. The summed E-state index contributed by atoms with van der Waals surface area (Å²) in [5, 5.41) is 23.4. The van der Waals surface area contributed by atoms with E-state index in [-0.39, 0.29) is 11.8 Å². The van der Waals surface area contributed by atoms with E-state index in [9.17, 15) is 9.90 Å². The Morgan fingerprint density at radius 1 is 1.06 bits per heavy atom. The number of nitrogen functional groups attached to an aromatic ring is 1. The summed E-state index contributed by atoms with van der Waals surface area (Å²) >= 11 is 0. The van der Waals surface area contributed by atoms with Crippen LogP contribution in [0.25, 0.3) is 28.0 Å². The highest BCUT2D eigenvalue weighted by Gasteiger charge is 2.32. The smallest absolute Gasteiger partial charge is 0.332 e. The van der Waals surface area contributed by atoms with E-state index >= 15 is 0 Å². The van der Waals surface area contributed by atoms with E-state index < -0.39 is 12.1 Å². The number of aliphatic carboxylic acids is 1. The molecule has 1 aliphatic carbocycles. The van der Waals surface area contributed by atoms with Gasteiger partial charge in [0, 0.05) is 34.5 Å². The maximum atomic E-state index is 11.1. The molecule has 5 rings (SSSR count). The first-order chi connectivity index (χ1) is 16.4. The molecular weight excluding hydrogens is 429 g/mol. The van der Waals surface area contributed by atoms with Gasteiger partial charge in [0.1, 0.15) is 13.7 Å². The summed E-state index contributed by atoms with van der Waals surface area (Å²) in [5.74, 6) is -1.09. The van der Waals surface area contributed by atoms with Crippen molar-refractivity contribution in [3.8, 4) is 22.4 Å². The van der Waals surface area contributed by atoms with E-state index in [1.807, 2.05) is 42.5 Å². The number of hydrogen-bond acceptors (Lipinski definition) is 6. The average molecular weight is 453 g/mol. The lowest BCUT2D eigenvalue weighted by Crippen LogP contribution is -2.33. The molecule has 1 saturated carbocycles. The summed E-state index contributed by atoms with van der Waals surface area (Å²) < 4.78 is 1.54. The zero-order valence-corrected chi connectivity index (χ0v) is 18.5. The Hall–Kier alpha value is -3.72. The molecule has 0 amide bonds. The summed E-state index contributed by atoms with van der Waals surface area (Å²) in [6.45, 7) is 0. The number of anilines is 1. The van der Waals surface area contributed by atoms with Crippen molar-refractivity contribution in [1.82, 2.24) is 19.6 Å². The van der Waals surface area contributed by atoms with Crippen LogP contribution in [0.5, 0.6) is 0 Å². The number of aliphatic hydroxyl groups excluding tert-OH is 1. The molecule has 0 bridgehead atoms. The van der Waals surface area contributed by atoms with Crippen molar-refractivity contribution in [1.29, 1.82) is 0 Å². The van der Waals surface area contributed by atoms with Crippen molar-refractivity contribution in [2.45, 2.75) is 37.7 Å². The van der Waals surface area contributed by atoms with Gasteiger partial charge in [0.2, 0.25) is 0 Å². The molecule has 8 nitrogen and oxygen atoms in total. The fraction of sp³-hybridized carbons (Fsp3) is 0.280. The Labute approximate surface area is 197 Å². The third-order valence-corrected chi connectivity index (χ3v) is 6.75. The molecule has 1 fully saturated rings. The second-order valence-electron chi connectivity index (χ2n) is 8.78. The Kier molecular flexibility index (Phi) is 5.79. The van der Waals surface area contributed by atoms with E-state index in [2.05, 4.69) is 10.1 Å². The van der Waals surface area contributed by atoms with Gasteiger partial charge < -0.3 is 15.9 Å². The van der Waals surface area contributed by atoms with E-state index in [0.717, 1.165) is 22.4 Å². The molecule has 170 valence electrons. The molecule has 0 saturated heterocycles. The van der Waals surface area contributed by atoms with Gasteiger partial charge in [0.05, 0.1) is 11.9 Å². The van der Waals surface area contributed by atoms with Gasteiger partial charge in [0.15, 0.2) is 11.8 Å². The van der Waals surface area contributed by atoms with Crippen LogP contribution >= 0.6 is 0 Å². The minimum Gasteiger partial charge on any atom is -0.479 e. The number of carboxylic acids is 1. The Morgan fingerprint density at radius 2 is 1.79 bits per heavy atom. The SMILES string of the molecule is [B]c1c(C2CCC(C(O)C(=O)O)CC2)nc2c(-c3ccc(-c4ccccc4)nc3)cnn2c1N. The van der Waals surface area contributed by atoms with Crippen LogP contribution in [0.3, 0.4) is 0 Å². The number of aromatic nitrogens is 4. The minimum absolute atomic E-state index is 0.0332. The second-order valence-corrected chi connectivity index (χ2v) is 8.78. The van der Waals surface area contributed by atoms with Gasteiger partial charge in [-0.3, -0.25) is 4.98 Å². The fourth-order valence-corrected chi connectivity index (χ4v) is 4.80. The molecule has 4 aromatic rings. The molecule has 4 N–H and O–H groups in total. The van der Waals surface area contributed by atoms with Crippen molar-refractivity contribution in [2.24, 2.45) is 5.92 Å². The van der Waals surface area contributed by atoms with Crippen LogP contribution in [0.2, 0.25) is 0 Å². The molecule has 3 aromatic heterocycles. The molecule has 34 heavy (non-hydrogen) atoms. The van der Waals surface area contributed by atoms with Crippen LogP contribution in [-0.2, 0) is 4.79 Å². The molecule has 0 spiro atoms. The molecule has 1 unspecified atom stereocenters. The van der Waals surface area contributed by atoms with E-state index in [0.29, 0.717) is 48.3 Å². The van der Waals surface area contributed by atoms with Crippen LogP contribution < -0.4 is 11.2 Å². The van der Waals surface area contributed by atoms with Crippen molar-refractivity contribution in [2.75, 3.05) is 5.73 Å². The van der Waals surface area contributed by atoms with Gasteiger partial charge in [-0.2, -0.15) is 9.61 Å². The summed E-state index contributed by atoms with van der Waals surface area (Å²) in [6, 6.07) is 13.9. The van der Waals surface area contributed by atoms with Crippen molar-refractivity contribution < 1.29 is 15.0 Å². The number of rotatable bonds is 5. The highest BCUT2D eigenvalue weighted by atomic mass is 16.4. The standard InChI is InChI=1S/C25H24BN5O3/c26-20-21(15-6-8-16(9-7-15)22(32)25(33)34)30-24-18(13-29-31(24)23(20)27)17-10-11-19(28-12-17)14-4-2-1-3-5-14/h1-5,10-13,15-16,22,32H,6-9,27H2,(H,33,34). The number of benzene rings is 1. The third kappa shape index (κ3) is 3.92. The number of carboxylic acid groups (broad SMARTS) is 1. The third-order valence-electron chi connectivity index (χ3n) is 6.75. The summed E-state index contributed by atoms with van der Waals surface area (Å²) in [5.41, 5.74) is 11.6. The molecule has 1 aromatic carbocycles. The summed E-state index contributed by atoms with van der Waals surface area (Å²) in [4.78, 5) is 20.6. The zero-order chi connectivity index (χ0) is 23.8. The first-order valence-electron chi connectivity index (χ1n) is 11.3. The van der Waals surface area contributed by atoms with Gasteiger partial charge in [-0.25, -0.2) is 9.78 Å². The molecular formula is C25H24BN5O3. The lowest BCUT2D eigenvalue weighted by Gasteiger charge is -2.30. The number of nitrogens with zero attached hydrogens (tertiary/aromatic N) is 4. The number of aliphatic hydroxyl groups is 1. The predicted octanol–water partition coefficient (Wildman–Crippen LogP) is 2.55. The van der Waals surface area contributed by atoms with Crippen LogP contribution in [0.4, 0.5) is 5.82 Å². The van der Waals surface area contributed by atoms with Crippen molar-refractivity contribution in [3.05, 3.63) is 60.6 Å². The minimum atomic E-state index is -1.34. The second kappa shape index (κ2) is 8.91. The van der Waals surface area contributed by atoms with Crippen LogP contribution in [0.15, 0.2) is 54.9 Å². The maximum Gasteiger partial charge on any atom is 0.332 e. The Morgan fingerprint density at radius 3 is 2.44 bits per heavy atom. The van der Waals surface area contributed by atoms with E-state index in [1.165, 1.54) is 0 Å². The number of nitrogens with two attached hydrogens (primary N) is 1. The van der Waals surface area contributed by atoms with E-state index in [4.69, 9.17) is 23.7 Å². The molecule has 1 aliphatic rings. The fourth-order valence-electron chi connectivity index (χ4n) is 4.80. The molecule has 0 aliphatic heterocycles. The monoisotopic (exact) mass is 453 g/mol. The normalized spacial score (nSPS) is 19.2. The quantitative estimate of drug-likeness (QED) is 0.397. The highest BCUT2D eigenvalue weighted by Crippen LogP contribution is 2.37. The Bertz CT molecular complexity index is 1330. The lowest BCUT2D eigenvalue weighted by atomic mass is 9.75. The molecule has 2 radical (unpaired) electrons. The highest BCUT2D eigenvalue weighted by molar-refractivity contribution is 6.36. The molecule has 3 heterocycles. The molecule has 1 atom stereocenters. The summed E-state index contributed by atoms with van der Waals surface area (Å²) in [6.07, 6.45) is 4.69. The number of hydrogen-bond donors (Lipinski definition) is 3. The van der Waals surface area contributed by atoms with Gasteiger partial charge in [0.25, 0.3) is 0 Å². The first-order valence-corrected chi connectivity index (χ1v) is 11.3. The number of pyridine rings is 1. The predicted molar refractivity (Wildman–Crippen MR) is 130 cm³/mol. The van der Waals surface area contributed by atoms with Gasteiger partial charge >= 0.3 is 5.97 Å².